The van der Waals surface area contributed by atoms with Crippen molar-refractivity contribution >= 4 is 0 Å². The summed E-state index contributed by atoms with van der Waals surface area (Å²) in [5.74, 6) is 0. The van der Waals surface area contributed by atoms with E-state index in [9.17, 15) is 0 Å². The summed E-state index contributed by atoms with van der Waals surface area (Å²) < 4.78 is 0. The van der Waals surface area contributed by atoms with Gasteiger partial charge in [-0.3, -0.25) is 4.90 Å². The van der Waals surface area contributed by atoms with E-state index in [0.717, 1.165) is 6.54 Å². The molecule has 0 saturated carbocycles. The molecule has 76 valence electrons. The number of hydrogen-bond donors (Lipinski definition) is 0. The Balaban J connectivity index is 1.94. The Labute approximate surface area is 90.4 Å². The topological polar surface area (TPSA) is 26.8 Å². The number of allylic oxidation sites excluding steroid dienone is 1. The van der Waals surface area contributed by atoms with Gasteiger partial charge in [-0.15, -0.1) is 0 Å². The lowest BCUT2D eigenvalue weighted by molar-refractivity contribution is 0.497. The van der Waals surface area contributed by atoms with Gasteiger partial charge in [0.15, 0.2) is 0 Å². The van der Waals surface area contributed by atoms with E-state index >= 15 is 0 Å². The van der Waals surface area contributed by atoms with E-state index in [1.165, 1.54) is 5.56 Å². The van der Waals surface area contributed by atoms with E-state index < -0.39 is 0 Å². The maximum Gasteiger partial charge on any atom is 0.0909 e. The van der Waals surface area contributed by atoms with Crippen LogP contribution in [0.25, 0.3) is 0 Å². The third kappa shape index (κ3) is 2.26. The zero-order valence-corrected chi connectivity index (χ0v) is 8.80. The largest absolute Gasteiger partial charge is 0.287 e. The van der Waals surface area contributed by atoms with Crippen molar-refractivity contribution in [1.29, 1.82) is 5.26 Å². The molecule has 0 amide bonds. The van der Waals surface area contributed by atoms with Gasteiger partial charge in [-0.1, -0.05) is 36.4 Å². The molecule has 3 atom stereocenters. The van der Waals surface area contributed by atoms with Crippen LogP contribution in [0.15, 0.2) is 42.5 Å². The summed E-state index contributed by atoms with van der Waals surface area (Å²) in [4.78, 5) is 2.36. The van der Waals surface area contributed by atoms with Crippen molar-refractivity contribution in [2.45, 2.75) is 25.6 Å². The highest BCUT2D eigenvalue weighted by Crippen LogP contribution is 2.30. The number of benzene rings is 1. The van der Waals surface area contributed by atoms with Crippen LogP contribution in [0.5, 0.6) is 0 Å². The molecule has 1 saturated heterocycles. The Morgan fingerprint density at radius 2 is 2.13 bits per heavy atom. The molecule has 2 nitrogen and oxygen atoms in total. The second kappa shape index (κ2) is 4.29. The predicted octanol–water partition coefficient (Wildman–Crippen LogP) is 2.34. The summed E-state index contributed by atoms with van der Waals surface area (Å²) in [7, 11) is 0. The second-order valence-corrected chi connectivity index (χ2v) is 3.88. The Hall–Kier alpha value is -1.59. The van der Waals surface area contributed by atoms with Gasteiger partial charge in [0, 0.05) is 24.7 Å². The molecular formula is C13H14N2. The minimum atomic E-state index is 0.449. The summed E-state index contributed by atoms with van der Waals surface area (Å²) in [6.07, 6.45) is 3.56. The van der Waals surface area contributed by atoms with Crippen LogP contribution < -0.4 is 0 Å². The zero-order valence-electron chi connectivity index (χ0n) is 8.80. The quantitative estimate of drug-likeness (QED) is 0.550. The number of rotatable bonds is 3. The smallest absolute Gasteiger partial charge is 0.0909 e. The van der Waals surface area contributed by atoms with Gasteiger partial charge < -0.3 is 0 Å². The van der Waals surface area contributed by atoms with Crippen molar-refractivity contribution in [3.63, 3.8) is 0 Å². The highest BCUT2D eigenvalue weighted by atomic mass is 15.3. The molecule has 0 aliphatic carbocycles. The SMILES string of the molecule is CC1[C@H](/C=C/C#N)N1Cc1ccccc1. The third-order valence-electron chi connectivity index (χ3n) is 2.89. The first-order chi connectivity index (χ1) is 7.33. The van der Waals surface area contributed by atoms with Gasteiger partial charge in [-0.25, -0.2) is 0 Å². The second-order valence-electron chi connectivity index (χ2n) is 3.88. The minimum Gasteiger partial charge on any atom is -0.287 e. The fourth-order valence-electron chi connectivity index (χ4n) is 1.89. The summed E-state index contributed by atoms with van der Waals surface area (Å²) in [5, 5.41) is 8.45. The first-order valence-corrected chi connectivity index (χ1v) is 5.19. The van der Waals surface area contributed by atoms with Gasteiger partial charge in [0.25, 0.3) is 0 Å². The minimum absolute atomic E-state index is 0.449. The average molecular weight is 198 g/mol. The Morgan fingerprint density at radius 1 is 1.40 bits per heavy atom. The number of nitriles is 1. The lowest BCUT2D eigenvalue weighted by atomic mass is 10.2. The molecule has 0 bridgehead atoms. The molecule has 1 aromatic carbocycles. The molecule has 0 aromatic heterocycles. The fourth-order valence-corrected chi connectivity index (χ4v) is 1.89. The molecule has 15 heavy (non-hydrogen) atoms. The van der Waals surface area contributed by atoms with Crippen molar-refractivity contribution in [2.75, 3.05) is 0 Å². The lowest BCUT2D eigenvalue weighted by Crippen LogP contribution is -2.01. The first-order valence-electron chi connectivity index (χ1n) is 5.19. The summed E-state index contributed by atoms with van der Waals surface area (Å²) in [6.45, 7) is 3.16. The van der Waals surface area contributed by atoms with E-state index in [4.69, 9.17) is 5.26 Å². The molecule has 0 N–H and O–H groups in total. The highest BCUT2D eigenvalue weighted by molar-refractivity contribution is 5.21. The normalized spacial score (nSPS) is 28.9. The van der Waals surface area contributed by atoms with E-state index in [1.54, 1.807) is 6.08 Å². The van der Waals surface area contributed by atoms with Crippen molar-refractivity contribution < 1.29 is 0 Å². The Bertz CT molecular complexity index is 389. The Morgan fingerprint density at radius 3 is 2.80 bits per heavy atom. The molecule has 1 aromatic rings. The van der Waals surface area contributed by atoms with Crippen LogP contribution in [0.3, 0.4) is 0 Å². The predicted molar refractivity (Wildman–Crippen MR) is 60.0 cm³/mol. The molecule has 2 rings (SSSR count). The van der Waals surface area contributed by atoms with Gasteiger partial charge in [-0.2, -0.15) is 5.26 Å². The highest BCUT2D eigenvalue weighted by Gasteiger charge is 2.41. The molecule has 1 aliphatic rings. The maximum atomic E-state index is 8.45. The van der Waals surface area contributed by atoms with Crippen LogP contribution >= 0.6 is 0 Å². The molecule has 2 unspecified atom stereocenters. The Kier molecular flexibility index (Phi) is 2.84. The van der Waals surface area contributed by atoms with Gasteiger partial charge in [0.1, 0.15) is 0 Å². The van der Waals surface area contributed by atoms with Crippen molar-refractivity contribution in [3.8, 4) is 6.07 Å². The average Bonchev–Trinajstić information content (AvgIpc) is 2.87. The van der Waals surface area contributed by atoms with E-state index in [2.05, 4.69) is 36.1 Å². The summed E-state index contributed by atoms with van der Waals surface area (Å²) >= 11 is 0. The fraction of sp³-hybridized carbons (Fsp3) is 0.308. The number of hydrogen-bond acceptors (Lipinski definition) is 2. The van der Waals surface area contributed by atoms with E-state index in [-0.39, 0.29) is 0 Å². The van der Waals surface area contributed by atoms with Crippen LogP contribution in [0, 0.1) is 11.3 Å². The van der Waals surface area contributed by atoms with Crippen molar-refractivity contribution in [2.24, 2.45) is 0 Å². The molecule has 2 heteroatoms. The standard InChI is InChI=1S/C13H14N2/c1-11-13(8-5-9-14)15(11)10-12-6-3-2-4-7-12/h2-8,11,13H,10H2,1H3/b8-5+/t11?,13-,15?/m0/s1. The van der Waals surface area contributed by atoms with Gasteiger partial charge in [-0.05, 0) is 12.5 Å². The third-order valence-corrected chi connectivity index (χ3v) is 2.89. The molecular weight excluding hydrogens is 184 g/mol. The lowest BCUT2D eigenvalue weighted by Gasteiger charge is -2.01. The van der Waals surface area contributed by atoms with Crippen LogP contribution in [-0.2, 0) is 6.54 Å². The molecule has 0 radical (unpaired) electrons. The maximum absolute atomic E-state index is 8.45. The zero-order chi connectivity index (χ0) is 10.7. The monoisotopic (exact) mass is 198 g/mol. The summed E-state index contributed by atoms with van der Waals surface area (Å²) in [6, 6.07) is 13.5. The van der Waals surface area contributed by atoms with Crippen LogP contribution in [-0.4, -0.2) is 17.0 Å². The van der Waals surface area contributed by atoms with Gasteiger partial charge in [0.2, 0.25) is 0 Å². The molecule has 1 fully saturated rings. The molecule has 1 heterocycles. The van der Waals surface area contributed by atoms with Crippen LogP contribution in [0.1, 0.15) is 12.5 Å². The van der Waals surface area contributed by atoms with E-state index in [0.29, 0.717) is 12.1 Å². The molecule has 0 spiro atoms. The first kappa shape index (κ1) is 9.95. The molecule has 1 aliphatic heterocycles. The van der Waals surface area contributed by atoms with E-state index in [1.807, 2.05) is 18.2 Å². The van der Waals surface area contributed by atoms with Gasteiger partial charge in [0.05, 0.1) is 6.07 Å². The van der Waals surface area contributed by atoms with Crippen LogP contribution in [0.4, 0.5) is 0 Å². The van der Waals surface area contributed by atoms with Crippen molar-refractivity contribution in [3.05, 3.63) is 48.0 Å². The number of nitrogens with zero attached hydrogens (tertiary/aromatic N) is 2. The van der Waals surface area contributed by atoms with Gasteiger partial charge >= 0.3 is 0 Å². The van der Waals surface area contributed by atoms with Crippen LogP contribution in [0.2, 0.25) is 0 Å². The van der Waals surface area contributed by atoms with Crippen molar-refractivity contribution in [1.82, 2.24) is 4.90 Å². The summed E-state index contributed by atoms with van der Waals surface area (Å²) in [5.41, 5.74) is 1.33.